The zero-order valence-corrected chi connectivity index (χ0v) is 12.1. The molecular weight excluding hydrogens is 304 g/mol. The molecule has 2 rings (SSSR count). The van der Waals surface area contributed by atoms with Crippen LogP contribution in [0.5, 0.6) is 5.75 Å². The average Bonchev–Trinajstić information content (AvgIpc) is 2.44. The largest absolute Gasteiger partial charge is 0.494 e. The number of rotatable bonds is 6. The summed E-state index contributed by atoms with van der Waals surface area (Å²) in [6.07, 6.45) is 2.79. The Labute approximate surface area is 121 Å². The van der Waals surface area contributed by atoms with Crippen LogP contribution in [-0.2, 0) is 6.42 Å². The van der Waals surface area contributed by atoms with Crippen LogP contribution in [-0.4, -0.2) is 12.9 Å². The maximum absolute atomic E-state index is 10.5. The topological polar surface area (TPSA) is 26.3 Å². The zero-order chi connectivity index (χ0) is 13.5. The Balaban J connectivity index is 1.75. The van der Waals surface area contributed by atoms with Crippen molar-refractivity contribution in [2.75, 3.05) is 6.61 Å². The van der Waals surface area contributed by atoms with Gasteiger partial charge in [0.2, 0.25) is 0 Å². The van der Waals surface area contributed by atoms with Crippen molar-refractivity contribution in [1.82, 2.24) is 0 Å². The van der Waals surface area contributed by atoms with E-state index in [0.717, 1.165) is 29.4 Å². The molecule has 2 aromatic rings. The first kappa shape index (κ1) is 13.8. The number of benzene rings is 2. The van der Waals surface area contributed by atoms with Gasteiger partial charge in [-0.15, -0.1) is 0 Å². The van der Waals surface area contributed by atoms with Gasteiger partial charge in [0.15, 0.2) is 0 Å². The Morgan fingerprint density at radius 2 is 1.89 bits per heavy atom. The fraction of sp³-hybridized carbons (Fsp3) is 0.188. The van der Waals surface area contributed by atoms with E-state index >= 15 is 0 Å². The molecule has 2 nitrogen and oxygen atoms in total. The lowest BCUT2D eigenvalue weighted by Gasteiger charge is -2.06. The number of hydrogen-bond acceptors (Lipinski definition) is 2. The van der Waals surface area contributed by atoms with Gasteiger partial charge in [0.05, 0.1) is 6.61 Å². The molecular formula is C16H15BrO2. The molecule has 2 aromatic carbocycles. The molecule has 0 atom stereocenters. The molecule has 98 valence electrons. The highest BCUT2D eigenvalue weighted by Gasteiger charge is 1.97. The minimum absolute atomic E-state index is 0.668. The van der Waals surface area contributed by atoms with Crippen molar-refractivity contribution in [3.63, 3.8) is 0 Å². The fourth-order valence-corrected chi connectivity index (χ4v) is 2.25. The van der Waals surface area contributed by atoms with Crippen LogP contribution < -0.4 is 4.74 Å². The lowest BCUT2D eigenvalue weighted by atomic mass is 10.1. The van der Waals surface area contributed by atoms with Crippen LogP contribution in [0.1, 0.15) is 22.3 Å². The summed E-state index contributed by atoms with van der Waals surface area (Å²) in [6.45, 7) is 0.674. The monoisotopic (exact) mass is 318 g/mol. The zero-order valence-electron chi connectivity index (χ0n) is 10.5. The molecule has 0 heterocycles. The van der Waals surface area contributed by atoms with Gasteiger partial charge in [0.1, 0.15) is 12.0 Å². The van der Waals surface area contributed by atoms with Gasteiger partial charge < -0.3 is 4.74 Å². The maximum Gasteiger partial charge on any atom is 0.150 e. The first-order chi connectivity index (χ1) is 9.28. The number of halogens is 1. The number of aldehydes is 1. The average molecular weight is 319 g/mol. The Hall–Kier alpha value is -1.61. The van der Waals surface area contributed by atoms with E-state index in [1.54, 1.807) is 12.1 Å². The Morgan fingerprint density at radius 1 is 1.11 bits per heavy atom. The van der Waals surface area contributed by atoms with Gasteiger partial charge in [-0.2, -0.15) is 0 Å². The van der Waals surface area contributed by atoms with E-state index in [1.807, 2.05) is 24.3 Å². The number of aryl methyl sites for hydroxylation is 1. The lowest BCUT2D eigenvalue weighted by Crippen LogP contribution is -1.99. The molecule has 19 heavy (non-hydrogen) atoms. The molecule has 0 saturated carbocycles. The van der Waals surface area contributed by atoms with Crippen molar-refractivity contribution in [3.05, 3.63) is 64.1 Å². The van der Waals surface area contributed by atoms with Crippen LogP contribution >= 0.6 is 15.9 Å². The van der Waals surface area contributed by atoms with Crippen molar-refractivity contribution < 1.29 is 9.53 Å². The van der Waals surface area contributed by atoms with Gasteiger partial charge >= 0.3 is 0 Å². The van der Waals surface area contributed by atoms with Gasteiger partial charge in [-0.05, 0) is 54.8 Å². The summed E-state index contributed by atoms with van der Waals surface area (Å²) in [5, 5.41) is 0. The van der Waals surface area contributed by atoms with E-state index in [0.29, 0.717) is 12.2 Å². The van der Waals surface area contributed by atoms with Crippen molar-refractivity contribution in [1.29, 1.82) is 0 Å². The number of carbonyl (C=O) groups excluding carboxylic acids is 1. The summed E-state index contributed by atoms with van der Waals surface area (Å²) in [6, 6.07) is 15.5. The molecule has 0 aliphatic heterocycles. The Bertz CT molecular complexity index is 535. The molecule has 3 heteroatoms. The van der Waals surface area contributed by atoms with Gasteiger partial charge in [0, 0.05) is 10.0 Å². The van der Waals surface area contributed by atoms with E-state index in [2.05, 4.69) is 28.1 Å². The highest BCUT2D eigenvalue weighted by molar-refractivity contribution is 9.10. The van der Waals surface area contributed by atoms with E-state index < -0.39 is 0 Å². The van der Waals surface area contributed by atoms with Crippen LogP contribution in [0.15, 0.2) is 53.0 Å². The maximum atomic E-state index is 10.5. The normalized spacial score (nSPS) is 10.2. The lowest BCUT2D eigenvalue weighted by molar-refractivity contribution is 0.112. The molecule has 0 radical (unpaired) electrons. The van der Waals surface area contributed by atoms with E-state index in [-0.39, 0.29) is 0 Å². The molecule has 0 unspecified atom stereocenters. The van der Waals surface area contributed by atoms with Gasteiger partial charge in [-0.1, -0.05) is 28.1 Å². The van der Waals surface area contributed by atoms with Crippen LogP contribution in [0.25, 0.3) is 0 Å². The van der Waals surface area contributed by atoms with Crippen LogP contribution in [0.4, 0.5) is 0 Å². The second-order valence-corrected chi connectivity index (χ2v) is 5.18. The second-order valence-electron chi connectivity index (χ2n) is 4.27. The van der Waals surface area contributed by atoms with Crippen LogP contribution in [0.2, 0.25) is 0 Å². The van der Waals surface area contributed by atoms with Crippen molar-refractivity contribution in [3.8, 4) is 5.75 Å². The molecule has 0 fully saturated rings. The number of carbonyl (C=O) groups is 1. The van der Waals surface area contributed by atoms with Crippen molar-refractivity contribution in [2.24, 2.45) is 0 Å². The predicted molar refractivity (Wildman–Crippen MR) is 79.8 cm³/mol. The summed E-state index contributed by atoms with van der Waals surface area (Å²) in [5.41, 5.74) is 1.97. The Kier molecular flexibility index (Phi) is 5.16. The predicted octanol–water partition coefficient (Wildman–Crippen LogP) is 4.27. The summed E-state index contributed by atoms with van der Waals surface area (Å²) in [7, 11) is 0. The standard InChI is InChI=1S/C16H15BrO2/c17-15-5-1-3-13(11-15)4-2-10-19-16-8-6-14(12-18)7-9-16/h1,3,5-9,11-12H,2,4,10H2. The van der Waals surface area contributed by atoms with Crippen LogP contribution in [0.3, 0.4) is 0 Å². The highest BCUT2D eigenvalue weighted by Crippen LogP contribution is 2.14. The van der Waals surface area contributed by atoms with Crippen molar-refractivity contribution >= 4 is 22.2 Å². The third-order valence-electron chi connectivity index (χ3n) is 2.78. The van der Waals surface area contributed by atoms with Gasteiger partial charge in [-0.3, -0.25) is 4.79 Å². The molecule has 0 spiro atoms. The van der Waals surface area contributed by atoms with Crippen molar-refractivity contribution in [2.45, 2.75) is 12.8 Å². The SMILES string of the molecule is O=Cc1ccc(OCCCc2cccc(Br)c2)cc1. The third kappa shape index (κ3) is 4.52. The molecule has 0 aliphatic rings. The molecule has 0 amide bonds. The van der Waals surface area contributed by atoms with Crippen LogP contribution in [0, 0.1) is 0 Å². The summed E-state index contributed by atoms with van der Waals surface area (Å²) in [4.78, 5) is 10.5. The van der Waals surface area contributed by atoms with E-state index in [9.17, 15) is 4.79 Å². The molecule has 0 bridgehead atoms. The van der Waals surface area contributed by atoms with Gasteiger partial charge in [0.25, 0.3) is 0 Å². The molecule has 0 saturated heterocycles. The van der Waals surface area contributed by atoms with E-state index in [1.165, 1.54) is 5.56 Å². The smallest absolute Gasteiger partial charge is 0.150 e. The summed E-state index contributed by atoms with van der Waals surface area (Å²) >= 11 is 3.46. The first-order valence-electron chi connectivity index (χ1n) is 6.20. The van der Waals surface area contributed by atoms with Gasteiger partial charge in [-0.25, -0.2) is 0 Å². The third-order valence-corrected chi connectivity index (χ3v) is 3.28. The number of hydrogen-bond donors (Lipinski definition) is 0. The summed E-state index contributed by atoms with van der Waals surface area (Å²) < 4.78 is 6.74. The Morgan fingerprint density at radius 3 is 2.58 bits per heavy atom. The highest BCUT2D eigenvalue weighted by atomic mass is 79.9. The molecule has 0 aliphatic carbocycles. The molecule has 0 aromatic heterocycles. The minimum atomic E-state index is 0.668. The first-order valence-corrected chi connectivity index (χ1v) is 7.00. The second kappa shape index (κ2) is 7.10. The minimum Gasteiger partial charge on any atom is -0.494 e. The van der Waals surface area contributed by atoms with E-state index in [4.69, 9.17) is 4.74 Å². The summed E-state index contributed by atoms with van der Waals surface area (Å²) in [5.74, 6) is 0.805. The number of ether oxygens (including phenoxy) is 1. The fourth-order valence-electron chi connectivity index (χ4n) is 1.80. The quantitative estimate of drug-likeness (QED) is 0.587. The molecule has 0 N–H and O–H groups in total.